The van der Waals surface area contributed by atoms with E-state index in [1.165, 1.54) is 22.2 Å². The number of fused-ring (bicyclic) bond motifs is 2. The molecule has 0 saturated heterocycles. The van der Waals surface area contributed by atoms with E-state index in [0.29, 0.717) is 0 Å². The van der Waals surface area contributed by atoms with E-state index >= 15 is 0 Å². The molecular formula is C18H17N3. The Morgan fingerprint density at radius 3 is 2.90 bits per heavy atom. The Hall–Kier alpha value is -2.39. The number of nitrogens with one attached hydrogen (secondary N) is 2. The van der Waals surface area contributed by atoms with Crippen LogP contribution < -0.4 is 10.6 Å². The first kappa shape index (κ1) is 12.4. The second-order valence-corrected chi connectivity index (χ2v) is 5.38. The van der Waals surface area contributed by atoms with Gasteiger partial charge in [-0.15, -0.1) is 0 Å². The normalized spacial score (nSPS) is 13.9. The third-order valence-electron chi connectivity index (χ3n) is 4.00. The van der Waals surface area contributed by atoms with Gasteiger partial charge in [0.2, 0.25) is 0 Å². The van der Waals surface area contributed by atoms with Crippen LogP contribution in [0.2, 0.25) is 0 Å². The van der Waals surface area contributed by atoms with Crippen molar-refractivity contribution in [2.45, 2.75) is 13.0 Å². The summed E-state index contributed by atoms with van der Waals surface area (Å²) in [4.78, 5) is 4.69. The number of aromatic nitrogens is 1. The molecule has 0 radical (unpaired) electrons. The smallest absolute Gasteiger partial charge is 0.131 e. The summed E-state index contributed by atoms with van der Waals surface area (Å²) >= 11 is 0. The van der Waals surface area contributed by atoms with Crippen LogP contribution in [0.15, 0.2) is 54.6 Å². The number of hydrogen-bond donors (Lipinski definition) is 2. The van der Waals surface area contributed by atoms with E-state index < -0.39 is 0 Å². The molecule has 21 heavy (non-hydrogen) atoms. The van der Waals surface area contributed by atoms with Crippen LogP contribution in [0.4, 0.5) is 11.5 Å². The molecule has 0 fully saturated rings. The van der Waals surface area contributed by atoms with Crippen molar-refractivity contribution in [1.82, 2.24) is 10.3 Å². The van der Waals surface area contributed by atoms with Gasteiger partial charge in [0.05, 0.1) is 5.52 Å². The SMILES string of the molecule is c1cc2c(c(Nc3ccc4ccccc4n3)c1)CCNC2. The zero-order valence-electron chi connectivity index (χ0n) is 11.8. The standard InChI is InChI=1S/C18H17N3/c1-2-6-16-13(4-1)8-9-18(20-16)21-17-7-3-5-14-12-19-11-10-15(14)17/h1-9,19H,10-12H2,(H,20,21). The molecular weight excluding hydrogens is 258 g/mol. The van der Waals surface area contributed by atoms with Crippen molar-refractivity contribution in [2.75, 3.05) is 11.9 Å². The van der Waals surface area contributed by atoms with Gasteiger partial charge in [-0.3, -0.25) is 0 Å². The average molecular weight is 275 g/mol. The predicted molar refractivity (Wildman–Crippen MR) is 86.9 cm³/mol. The molecule has 3 heteroatoms. The number of rotatable bonds is 2. The topological polar surface area (TPSA) is 37.0 Å². The van der Waals surface area contributed by atoms with Crippen molar-refractivity contribution in [3.63, 3.8) is 0 Å². The molecule has 3 nitrogen and oxygen atoms in total. The first-order chi connectivity index (χ1) is 10.4. The largest absolute Gasteiger partial charge is 0.340 e. The zero-order chi connectivity index (χ0) is 14.1. The first-order valence-electron chi connectivity index (χ1n) is 7.34. The van der Waals surface area contributed by atoms with Gasteiger partial charge in [0, 0.05) is 17.6 Å². The van der Waals surface area contributed by atoms with Gasteiger partial charge in [0.25, 0.3) is 0 Å². The third-order valence-corrected chi connectivity index (χ3v) is 4.00. The molecule has 1 aliphatic rings. The van der Waals surface area contributed by atoms with Gasteiger partial charge in [0.1, 0.15) is 5.82 Å². The number of para-hydroxylation sites is 1. The Morgan fingerprint density at radius 2 is 1.90 bits per heavy atom. The highest BCUT2D eigenvalue weighted by Gasteiger charge is 2.12. The summed E-state index contributed by atoms with van der Waals surface area (Å²) in [6.45, 7) is 1.99. The molecule has 2 heterocycles. The molecule has 0 bridgehead atoms. The fraction of sp³-hybridized carbons (Fsp3) is 0.167. The van der Waals surface area contributed by atoms with E-state index in [9.17, 15) is 0 Å². The minimum atomic E-state index is 0.903. The Bertz CT molecular complexity index is 795. The maximum atomic E-state index is 4.69. The minimum Gasteiger partial charge on any atom is -0.340 e. The summed E-state index contributed by atoms with van der Waals surface area (Å²) in [5.74, 6) is 0.903. The zero-order valence-corrected chi connectivity index (χ0v) is 11.8. The molecule has 2 aromatic carbocycles. The lowest BCUT2D eigenvalue weighted by molar-refractivity contribution is 0.645. The number of hydrogen-bond acceptors (Lipinski definition) is 3. The summed E-state index contributed by atoms with van der Waals surface area (Å²) in [5, 5.41) is 8.07. The Kier molecular flexibility index (Phi) is 3.05. The summed E-state index contributed by atoms with van der Waals surface area (Å²) in [6, 6.07) is 18.8. The van der Waals surface area contributed by atoms with E-state index in [-0.39, 0.29) is 0 Å². The Balaban J connectivity index is 1.71. The summed E-state index contributed by atoms with van der Waals surface area (Å²) in [7, 11) is 0. The fourth-order valence-corrected chi connectivity index (χ4v) is 2.92. The number of benzene rings is 2. The van der Waals surface area contributed by atoms with E-state index in [0.717, 1.165) is 30.8 Å². The lowest BCUT2D eigenvalue weighted by Gasteiger charge is -2.20. The van der Waals surface area contributed by atoms with Crippen LogP contribution in [0.1, 0.15) is 11.1 Å². The van der Waals surface area contributed by atoms with E-state index in [2.05, 4.69) is 41.0 Å². The van der Waals surface area contributed by atoms with Crippen LogP contribution >= 0.6 is 0 Å². The summed E-state index contributed by atoms with van der Waals surface area (Å²) in [6.07, 6.45) is 1.06. The van der Waals surface area contributed by atoms with Crippen molar-refractivity contribution in [1.29, 1.82) is 0 Å². The van der Waals surface area contributed by atoms with E-state index in [1.807, 2.05) is 24.3 Å². The van der Waals surface area contributed by atoms with E-state index in [1.54, 1.807) is 0 Å². The van der Waals surface area contributed by atoms with Gasteiger partial charge in [-0.05, 0) is 48.4 Å². The molecule has 4 rings (SSSR count). The fourth-order valence-electron chi connectivity index (χ4n) is 2.92. The first-order valence-corrected chi connectivity index (χ1v) is 7.34. The highest BCUT2D eigenvalue weighted by atomic mass is 15.0. The molecule has 1 aliphatic heterocycles. The minimum absolute atomic E-state index is 0.903. The highest BCUT2D eigenvalue weighted by Crippen LogP contribution is 2.26. The quantitative estimate of drug-likeness (QED) is 0.750. The van der Waals surface area contributed by atoms with Crippen molar-refractivity contribution < 1.29 is 0 Å². The molecule has 104 valence electrons. The molecule has 0 saturated carbocycles. The molecule has 1 aromatic heterocycles. The van der Waals surface area contributed by atoms with Crippen LogP contribution in [0.3, 0.4) is 0 Å². The number of nitrogens with zero attached hydrogens (tertiary/aromatic N) is 1. The average Bonchev–Trinajstić information content (AvgIpc) is 2.55. The van der Waals surface area contributed by atoms with Gasteiger partial charge in [0.15, 0.2) is 0 Å². The van der Waals surface area contributed by atoms with Crippen molar-refractivity contribution >= 4 is 22.4 Å². The maximum Gasteiger partial charge on any atom is 0.131 e. The monoisotopic (exact) mass is 275 g/mol. The third kappa shape index (κ3) is 2.36. The molecule has 0 amide bonds. The van der Waals surface area contributed by atoms with Crippen LogP contribution in [-0.4, -0.2) is 11.5 Å². The van der Waals surface area contributed by atoms with Crippen molar-refractivity contribution in [2.24, 2.45) is 0 Å². The van der Waals surface area contributed by atoms with Crippen LogP contribution in [-0.2, 0) is 13.0 Å². The van der Waals surface area contributed by atoms with E-state index in [4.69, 9.17) is 4.98 Å². The van der Waals surface area contributed by atoms with Gasteiger partial charge in [-0.25, -0.2) is 4.98 Å². The van der Waals surface area contributed by atoms with Crippen LogP contribution in [0.25, 0.3) is 10.9 Å². The lowest BCUT2D eigenvalue weighted by Crippen LogP contribution is -2.24. The van der Waals surface area contributed by atoms with Gasteiger partial charge >= 0.3 is 0 Å². The highest BCUT2D eigenvalue weighted by molar-refractivity contribution is 5.81. The summed E-state index contributed by atoms with van der Waals surface area (Å²) in [5.41, 5.74) is 4.99. The molecule has 0 aliphatic carbocycles. The van der Waals surface area contributed by atoms with Crippen LogP contribution in [0, 0.1) is 0 Å². The second kappa shape index (κ2) is 5.19. The Labute approximate surface area is 124 Å². The molecule has 0 spiro atoms. The van der Waals surface area contributed by atoms with Crippen molar-refractivity contribution in [3.8, 4) is 0 Å². The van der Waals surface area contributed by atoms with Crippen molar-refractivity contribution in [3.05, 3.63) is 65.7 Å². The molecule has 0 unspecified atom stereocenters. The maximum absolute atomic E-state index is 4.69. The van der Waals surface area contributed by atoms with Gasteiger partial charge < -0.3 is 10.6 Å². The Morgan fingerprint density at radius 1 is 0.952 bits per heavy atom. The summed E-state index contributed by atoms with van der Waals surface area (Å²) < 4.78 is 0. The molecule has 2 N–H and O–H groups in total. The number of anilines is 2. The predicted octanol–water partition coefficient (Wildman–Crippen LogP) is 3.62. The molecule has 3 aromatic rings. The van der Waals surface area contributed by atoms with Crippen LogP contribution in [0.5, 0.6) is 0 Å². The molecule has 0 atom stereocenters. The van der Waals surface area contributed by atoms with Gasteiger partial charge in [-0.1, -0.05) is 30.3 Å². The lowest BCUT2D eigenvalue weighted by atomic mass is 9.99. The number of pyridine rings is 1. The van der Waals surface area contributed by atoms with Gasteiger partial charge in [-0.2, -0.15) is 0 Å². The second-order valence-electron chi connectivity index (χ2n) is 5.38.